The fourth-order valence-corrected chi connectivity index (χ4v) is 4.05. The zero-order chi connectivity index (χ0) is 9.54. The van der Waals surface area contributed by atoms with E-state index >= 15 is 0 Å². The number of fused-ring (bicyclic) bond motifs is 3. The maximum atomic E-state index is 4.31. The van der Waals surface area contributed by atoms with E-state index in [0.29, 0.717) is 6.04 Å². The van der Waals surface area contributed by atoms with Gasteiger partial charge in [0.2, 0.25) is 0 Å². The number of H-pyrrole nitrogens is 1. The van der Waals surface area contributed by atoms with Crippen molar-refractivity contribution in [1.29, 1.82) is 0 Å². The van der Waals surface area contributed by atoms with E-state index in [1.54, 1.807) is 6.33 Å². The molecule has 0 aromatic carbocycles. The van der Waals surface area contributed by atoms with Gasteiger partial charge in [-0.25, -0.2) is 4.57 Å². The minimum absolute atomic E-state index is 0. The quantitative estimate of drug-likeness (QED) is 0.247. The first kappa shape index (κ1) is 11.8. The first-order valence-electron chi connectivity index (χ1n) is 4.32. The van der Waals surface area contributed by atoms with Crippen molar-refractivity contribution < 1.29 is 28.5 Å². The molecule has 1 N–H and O–H groups in total. The van der Waals surface area contributed by atoms with Gasteiger partial charge in [0, 0.05) is 10.2 Å². The summed E-state index contributed by atoms with van der Waals surface area (Å²) < 4.78 is 3.38. The molecule has 0 spiro atoms. The average Bonchev–Trinajstić information content (AvgIpc) is 2.82. The summed E-state index contributed by atoms with van der Waals surface area (Å²) in [5.41, 5.74) is 1.89. The van der Waals surface area contributed by atoms with Gasteiger partial charge in [0.15, 0.2) is 10.5 Å². The standard InChI is InChI=1S/C8H7IN4S.HI/c9-1-5-2-14-8-6-7(11-3-10-6)12-4-13(5)8;/h3-5H,1-2H2;1H. The maximum Gasteiger partial charge on any atom is 0.296 e. The van der Waals surface area contributed by atoms with Crippen LogP contribution in [0.25, 0.3) is 11.2 Å². The number of thioether (sulfide) groups is 1. The summed E-state index contributed by atoms with van der Waals surface area (Å²) in [5.74, 6) is 1.14. The van der Waals surface area contributed by atoms with E-state index in [0.717, 1.165) is 21.3 Å². The van der Waals surface area contributed by atoms with Crippen molar-refractivity contribution in [1.82, 2.24) is 15.0 Å². The summed E-state index contributed by atoms with van der Waals surface area (Å²) in [6.07, 6.45) is 3.61. The Hall–Kier alpha value is 0.360. The molecular weight excluding hydrogens is 438 g/mol. The highest BCUT2D eigenvalue weighted by Crippen LogP contribution is 2.30. The lowest BCUT2D eigenvalue weighted by Crippen LogP contribution is -3.00. The molecule has 0 amide bonds. The number of aromatic amines is 1. The van der Waals surface area contributed by atoms with Crippen molar-refractivity contribution in [2.24, 2.45) is 0 Å². The molecule has 3 rings (SSSR count). The second kappa shape index (κ2) is 4.70. The first-order valence-corrected chi connectivity index (χ1v) is 6.83. The van der Waals surface area contributed by atoms with Crippen LogP contribution in [0.4, 0.5) is 0 Å². The van der Waals surface area contributed by atoms with Gasteiger partial charge in [0.1, 0.15) is 6.04 Å². The second-order valence-corrected chi connectivity index (χ2v) is 5.07. The SMILES string of the molecule is ICC1CSc2c3[nH]cnc3nc[n+]21.[I-]. The highest BCUT2D eigenvalue weighted by Gasteiger charge is 2.30. The van der Waals surface area contributed by atoms with Crippen molar-refractivity contribution in [3.05, 3.63) is 12.7 Å². The smallest absolute Gasteiger partial charge is 0.296 e. The predicted octanol–water partition coefficient (Wildman–Crippen LogP) is -1.67. The van der Waals surface area contributed by atoms with E-state index in [-0.39, 0.29) is 24.0 Å². The molecule has 3 heterocycles. The third-order valence-electron chi connectivity index (χ3n) is 2.36. The summed E-state index contributed by atoms with van der Waals surface area (Å²) in [4.78, 5) is 11.6. The van der Waals surface area contributed by atoms with Crippen LogP contribution in [0.2, 0.25) is 0 Å². The molecule has 1 aliphatic rings. The normalized spacial score (nSPS) is 18.9. The summed E-state index contributed by atoms with van der Waals surface area (Å²) >= 11 is 4.30. The molecule has 0 fully saturated rings. The molecule has 1 atom stereocenters. The molecule has 80 valence electrons. The lowest BCUT2D eigenvalue weighted by atomic mass is 10.4. The number of rotatable bonds is 1. The van der Waals surface area contributed by atoms with Crippen LogP contribution < -0.4 is 28.5 Å². The molecule has 7 heteroatoms. The summed E-state index contributed by atoms with van der Waals surface area (Å²) in [6, 6.07) is 0.579. The van der Waals surface area contributed by atoms with Crippen LogP contribution in [-0.2, 0) is 0 Å². The molecule has 0 aliphatic carbocycles. The molecule has 4 nitrogen and oxygen atoms in total. The van der Waals surface area contributed by atoms with Crippen LogP contribution in [0.3, 0.4) is 0 Å². The van der Waals surface area contributed by atoms with E-state index in [1.165, 1.54) is 5.03 Å². The van der Waals surface area contributed by atoms with Crippen LogP contribution in [0.15, 0.2) is 17.7 Å². The Morgan fingerprint density at radius 3 is 3.27 bits per heavy atom. The number of aromatic nitrogens is 4. The number of imidazole rings is 1. The Labute approximate surface area is 122 Å². The number of hydrogen-bond acceptors (Lipinski definition) is 3. The van der Waals surface area contributed by atoms with Gasteiger partial charge in [-0.3, -0.25) is 0 Å². The Balaban J connectivity index is 0.000000853. The Bertz CT molecular complexity index is 486. The Kier molecular flexibility index (Phi) is 3.71. The fourth-order valence-electron chi connectivity index (χ4n) is 1.62. The summed E-state index contributed by atoms with van der Waals surface area (Å²) in [5, 5.41) is 1.27. The molecule has 2 aromatic heterocycles. The number of hydrogen-bond donors (Lipinski definition) is 1. The molecule has 0 bridgehead atoms. The van der Waals surface area contributed by atoms with Crippen molar-refractivity contribution >= 4 is 45.5 Å². The Morgan fingerprint density at radius 2 is 2.47 bits per heavy atom. The van der Waals surface area contributed by atoms with Crippen LogP contribution in [-0.4, -0.2) is 25.1 Å². The van der Waals surface area contributed by atoms with E-state index in [2.05, 4.69) is 42.1 Å². The van der Waals surface area contributed by atoms with Crippen molar-refractivity contribution in [2.45, 2.75) is 11.1 Å². The molecule has 1 unspecified atom stereocenters. The van der Waals surface area contributed by atoms with Crippen molar-refractivity contribution in [2.75, 3.05) is 10.2 Å². The fraction of sp³-hybridized carbons (Fsp3) is 0.375. The van der Waals surface area contributed by atoms with Crippen LogP contribution >= 0.6 is 34.4 Å². The minimum Gasteiger partial charge on any atom is -1.00 e. The van der Waals surface area contributed by atoms with Gasteiger partial charge in [-0.05, 0) is 4.98 Å². The second-order valence-electron chi connectivity index (χ2n) is 3.18. The van der Waals surface area contributed by atoms with Gasteiger partial charge >= 0.3 is 0 Å². The van der Waals surface area contributed by atoms with Gasteiger partial charge < -0.3 is 29.0 Å². The lowest BCUT2D eigenvalue weighted by molar-refractivity contribution is -0.743. The molecule has 1 aliphatic heterocycles. The molecule has 15 heavy (non-hydrogen) atoms. The number of halogens is 2. The third kappa shape index (κ3) is 1.86. The third-order valence-corrected chi connectivity index (χ3v) is 4.61. The van der Waals surface area contributed by atoms with Crippen molar-refractivity contribution in [3.8, 4) is 0 Å². The van der Waals surface area contributed by atoms with Crippen LogP contribution in [0.1, 0.15) is 6.04 Å². The zero-order valence-electron chi connectivity index (χ0n) is 7.65. The van der Waals surface area contributed by atoms with Gasteiger partial charge in [0.05, 0.1) is 6.33 Å². The van der Waals surface area contributed by atoms with Gasteiger partial charge in [-0.15, -0.1) is 0 Å². The van der Waals surface area contributed by atoms with Crippen LogP contribution in [0.5, 0.6) is 0 Å². The lowest BCUT2D eigenvalue weighted by Gasteiger charge is -2.01. The number of nitrogens with one attached hydrogen (secondary N) is 1. The predicted molar refractivity (Wildman–Crippen MR) is 62.7 cm³/mol. The van der Waals surface area contributed by atoms with Gasteiger partial charge in [0.25, 0.3) is 12.0 Å². The Morgan fingerprint density at radius 1 is 1.60 bits per heavy atom. The monoisotopic (exact) mass is 446 g/mol. The molecule has 0 saturated carbocycles. The highest BCUT2D eigenvalue weighted by atomic mass is 127. The van der Waals surface area contributed by atoms with E-state index < -0.39 is 0 Å². The van der Waals surface area contributed by atoms with Gasteiger partial charge in [-0.1, -0.05) is 34.4 Å². The summed E-state index contributed by atoms with van der Waals surface area (Å²) in [6.45, 7) is 0. The molecule has 0 saturated heterocycles. The highest BCUT2D eigenvalue weighted by molar-refractivity contribution is 14.1. The van der Waals surface area contributed by atoms with Gasteiger partial charge in [-0.2, -0.15) is 4.98 Å². The van der Waals surface area contributed by atoms with Crippen LogP contribution in [0, 0.1) is 0 Å². The molecule has 0 radical (unpaired) electrons. The zero-order valence-corrected chi connectivity index (χ0v) is 12.8. The molecule has 2 aromatic rings. The van der Waals surface area contributed by atoms with Crippen molar-refractivity contribution in [3.63, 3.8) is 0 Å². The first-order chi connectivity index (χ1) is 6.90. The maximum absolute atomic E-state index is 4.31. The average molecular weight is 446 g/mol. The minimum atomic E-state index is 0. The van der Waals surface area contributed by atoms with E-state index in [9.17, 15) is 0 Å². The topological polar surface area (TPSA) is 45.5 Å². The van der Waals surface area contributed by atoms with E-state index in [4.69, 9.17) is 0 Å². The molecular formula is C8H8I2N4S. The number of alkyl halides is 1. The van der Waals surface area contributed by atoms with E-state index in [1.807, 2.05) is 18.1 Å². The largest absolute Gasteiger partial charge is 1.00 e. The summed E-state index contributed by atoms with van der Waals surface area (Å²) in [7, 11) is 0. The number of nitrogens with zero attached hydrogens (tertiary/aromatic N) is 3.